The van der Waals surface area contributed by atoms with Crippen LogP contribution in [0, 0.1) is 0 Å². The van der Waals surface area contributed by atoms with Gasteiger partial charge in [-0.3, -0.25) is 0 Å². The van der Waals surface area contributed by atoms with E-state index in [2.05, 4.69) is 90.6 Å². The monoisotopic (exact) mass is 695 g/mol. The smallest absolute Gasteiger partial charge is 0.127 e. The van der Waals surface area contributed by atoms with E-state index < -0.39 is 0 Å². The minimum absolute atomic E-state index is 0.742. The van der Waals surface area contributed by atoms with Crippen molar-refractivity contribution in [1.29, 1.82) is 0 Å². The lowest BCUT2D eigenvalue weighted by molar-refractivity contribution is -0.890. The van der Waals surface area contributed by atoms with Crippen molar-refractivity contribution >= 4 is 0 Å². The van der Waals surface area contributed by atoms with Crippen molar-refractivity contribution in [2.75, 3.05) is 67.6 Å². The van der Waals surface area contributed by atoms with Crippen LogP contribution in [0.1, 0.15) is 155 Å². The lowest BCUT2D eigenvalue weighted by Gasteiger charge is -2.30. The third-order valence-electron chi connectivity index (χ3n) is 10.6. The van der Waals surface area contributed by atoms with E-state index in [0.717, 1.165) is 70.7 Å². The maximum absolute atomic E-state index is 6.44. The van der Waals surface area contributed by atoms with E-state index in [1.807, 2.05) is 0 Å². The van der Waals surface area contributed by atoms with Crippen LogP contribution in [0.4, 0.5) is 0 Å². The minimum Gasteiger partial charge on any atom is -0.493 e. The Morgan fingerprint density at radius 1 is 0.360 bits per heavy atom. The molecule has 0 aromatic heterocycles. The summed E-state index contributed by atoms with van der Waals surface area (Å²) in [6, 6.07) is 17.0. The van der Waals surface area contributed by atoms with Gasteiger partial charge in [0.25, 0.3) is 0 Å². The largest absolute Gasteiger partial charge is 0.493 e. The maximum atomic E-state index is 6.44. The van der Waals surface area contributed by atoms with Gasteiger partial charge >= 0.3 is 0 Å². The second-order valence-corrected chi connectivity index (χ2v) is 16.5. The summed E-state index contributed by atoms with van der Waals surface area (Å²) in [5.41, 5.74) is 2.25. The Balaban J connectivity index is 1.68. The van der Waals surface area contributed by atoms with E-state index in [1.165, 1.54) is 142 Å². The summed E-state index contributed by atoms with van der Waals surface area (Å²) in [7, 11) is 9.53. The van der Waals surface area contributed by atoms with Crippen molar-refractivity contribution in [2.45, 2.75) is 155 Å². The molecule has 4 nitrogen and oxygen atoms in total. The molecule has 0 aliphatic rings. The molecule has 286 valence electrons. The van der Waals surface area contributed by atoms with Gasteiger partial charge in [-0.1, -0.05) is 153 Å². The molecule has 0 saturated carbocycles. The number of rotatable bonds is 33. The van der Waals surface area contributed by atoms with Crippen LogP contribution in [-0.2, 0) is 0 Å². The van der Waals surface area contributed by atoms with Crippen molar-refractivity contribution in [3.8, 4) is 22.6 Å². The van der Waals surface area contributed by atoms with Crippen LogP contribution in [0.5, 0.6) is 11.5 Å². The van der Waals surface area contributed by atoms with Gasteiger partial charge in [0, 0.05) is 24.0 Å². The fourth-order valence-corrected chi connectivity index (χ4v) is 7.26. The van der Waals surface area contributed by atoms with Crippen molar-refractivity contribution in [1.82, 2.24) is 0 Å². The number of quaternary nitrogens is 2. The van der Waals surface area contributed by atoms with Crippen LogP contribution in [0.25, 0.3) is 11.1 Å². The van der Waals surface area contributed by atoms with E-state index in [-0.39, 0.29) is 0 Å². The molecule has 50 heavy (non-hydrogen) atoms. The molecule has 4 heteroatoms. The second-order valence-electron chi connectivity index (χ2n) is 16.5. The molecule has 2 rings (SSSR count). The zero-order valence-corrected chi connectivity index (χ0v) is 34.1. The fraction of sp³-hybridized carbons (Fsp3) is 0.739. The summed E-state index contributed by atoms with van der Waals surface area (Å²) >= 11 is 0. The van der Waals surface area contributed by atoms with Crippen molar-refractivity contribution < 1.29 is 18.4 Å². The molecule has 0 atom stereocenters. The zero-order chi connectivity index (χ0) is 36.2. The van der Waals surface area contributed by atoms with Gasteiger partial charge in [-0.2, -0.15) is 0 Å². The van der Waals surface area contributed by atoms with Gasteiger partial charge < -0.3 is 18.4 Å². The molecule has 0 unspecified atom stereocenters. The van der Waals surface area contributed by atoms with Gasteiger partial charge in [0.05, 0.1) is 67.6 Å². The molecular weight excluding hydrogens is 613 g/mol. The molecule has 0 radical (unpaired) electrons. The Morgan fingerprint density at radius 3 is 0.980 bits per heavy atom. The van der Waals surface area contributed by atoms with Gasteiger partial charge in [0.2, 0.25) is 0 Å². The number of benzene rings is 2. The number of para-hydroxylation sites is 2. The molecule has 0 spiro atoms. The predicted molar refractivity (Wildman–Crippen MR) is 219 cm³/mol. The molecule has 0 heterocycles. The standard InChI is InChI=1S/C46H82N2O2/c1-7-9-11-13-15-17-19-21-23-29-37-47(3,4)39-31-41-49-45-35-27-25-33-43(45)44-34-26-28-36-46(44)50-42-32-40-48(5,6)38-30-24-22-20-18-16-14-12-10-8-2/h25-28,33-36H,7-24,29-32,37-42H2,1-6H3/q+2. The maximum Gasteiger partial charge on any atom is 0.127 e. The highest BCUT2D eigenvalue weighted by molar-refractivity contribution is 5.75. The van der Waals surface area contributed by atoms with Crippen molar-refractivity contribution in [3.05, 3.63) is 48.5 Å². The van der Waals surface area contributed by atoms with E-state index in [9.17, 15) is 0 Å². The number of ether oxygens (including phenoxy) is 2. The molecule has 2 aromatic rings. The van der Waals surface area contributed by atoms with Gasteiger partial charge in [0.1, 0.15) is 11.5 Å². The first-order chi connectivity index (χ1) is 24.3. The van der Waals surface area contributed by atoms with Crippen molar-refractivity contribution in [3.63, 3.8) is 0 Å². The normalized spacial score (nSPS) is 12.0. The first-order valence-electron chi connectivity index (χ1n) is 21.4. The van der Waals surface area contributed by atoms with Crippen LogP contribution < -0.4 is 9.47 Å². The molecular formula is C46H82N2O2+2. The van der Waals surface area contributed by atoms with Gasteiger partial charge in [-0.15, -0.1) is 0 Å². The first kappa shape index (κ1) is 44.1. The molecule has 0 N–H and O–H groups in total. The van der Waals surface area contributed by atoms with E-state index >= 15 is 0 Å². The Bertz CT molecular complexity index is 996. The molecule has 0 aliphatic carbocycles. The summed E-state index contributed by atoms with van der Waals surface area (Å²) in [4.78, 5) is 0. The highest BCUT2D eigenvalue weighted by atomic mass is 16.5. The van der Waals surface area contributed by atoms with Crippen molar-refractivity contribution in [2.24, 2.45) is 0 Å². The number of hydrogen-bond donors (Lipinski definition) is 0. The summed E-state index contributed by atoms with van der Waals surface area (Å²) in [6.45, 7) is 10.9. The highest BCUT2D eigenvalue weighted by Crippen LogP contribution is 2.36. The Labute approximate surface area is 311 Å². The Hall–Kier alpha value is -2.04. The summed E-state index contributed by atoms with van der Waals surface area (Å²) in [5, 5.41) is 0. The molecule has 0 saturated heterocycles. The summed E-state index contributed by atoms with van der Waals surface area (Å²) in [6.07, 6.45) is 30.1. The quantitative estimate of drug-likeness (QED) is 0.0547. The Morgan fingerprint density at radius 2 is 0.640 bits per heavy atom. The third-order valence-corrected chi connectivity index (χ3v) is 10.6. The first-order valence-corrected chi connectivity index (χ1v) is 21.4. The van der Waals surface area contributed by atoms with E-state index in [1.54, 1.807) is 0 Å². The molecule has 2 aromatic carbocycles. The predicted octanol–water partition coefficient (Wildman–Crippen LogP) is 12.9. The zero-order valence-electron chi connectivity index (χ0n) is 34.1. The van der Waals surface area contributed by atoms with Crippen LogP contribution in [0.15, 0.2) is 48.5 Å². The van der Waals surface area contributed by atoms with Gasteiger partial charge in [-0.25, -0.2) is 0 Å². The van der Waals surface area contributed by atoms with Gasteiger partial charge in [-0.05, 0) is 37.8 Å². The van der Waals surface area contributed by atoms with E-state index in [4.69, 9.17) is 9.47 Å². The number of nitrogens with zero attached hydrogens (tertiary/aromatic N) is 2. The van der Waals surface area contributed by atoms with Crippen LogP contribution >= 0.6 is 0 Å². The SMILES string of the molecule is CCCCCCCCCCCC[N+](C)(C)CCCOc1ccccc1-c1ccccc1OCCC[N+](C)(C)CCCCCCCCCCCC. The average Bonchev–Trinajstić information content (AvgIpc) is 3.10. The second kappa shape index (κ2) is 27.6. The highest BCUT2D eigenvalue weighted by Gasteiger charge is 2.17. The fourth-order valence-electron chi connectivity index (χ4n) is 7.26. The lowest BCUT2D eigenvalue weighted by Crippen LogP contribution is -2.41. The molecule has 0 amide bonds. The van der Waals surface area contributed by atoms with E-state index in [0.29, 0.717) is 0 Å². The number of hydrogen-bond acceptors (Lipinski definition) is 2. The minimum atomic E-state index is 0.742. The van der Waals surface area contributed by atoms with Gasteiger partial charge in [0.15, 0.2) is 0 Å². The topological polar surface area (TPSA) is 18.5 Å². The number of unbranched alkanes of at least 4 members (excludes halogenated alkanes) is 18. The summed E-state index contributed by atoms with van der Waals surface area (Å²) in [5.74, 6) is 1.91. The average molecular weight is 695 g/mol. The summed E-state index contributed by atoms with van der Waals surface area (Å²) < 4.78 is 15.0. The van der Waals surface area contributed by atoms with Crippen LogP contribution in [0.2, 0.25) is 0 Å². The molecule has 0 bridgehead atoms. The van der Waals surface area contributed by atoms with Crippen LogP contribution in [-0.4, -0.2) is 76.5 Å². The molecule has 0 fully saturated rings. The lowest BCUT2D eigenvalue weighted by atomic mass is 10.0. The Kier molecular flexibility index (Phi) is 24.3. The third kappa shape index (κ3) is 21.4. The molecule has 0 aliphatic heterocycles. The van der Waals surface area contributed by atoms with Crippen LogP contribution in [0.3, 0.4) is 0 Å².